The normalized spacial score (nSPS) is 11.8. The molecular weight excluding hydrogens is 264 g/mol. The summed E-state index contributed by atoms with van der Waals surface area (Å²) in [7, 11) is 0.0722. The van der Waals surface area contributed by atoms with Gasteiger partial charge in [-0.1, -0.05) is 11.6 Å². The molecule has 0 aliphatic rings. The van der Waals surface area contributed by atoms with Crippen molar-refractivity contribution in [2.45, 2.75) is 4.90 Å². The lowest BCUT2D eigenvalue weighted by molar-refractivity contribution is 0.501. The third kappa shape index (κ3) is 1.97. The lowest BCUT2D eigenvalue weighted by Gasteiger charge is -2.03. The fraction of sp³-hybridized carbons (Fsp3) is 0. The van der Waals surface area contributed by atoms with Crippen LogP contribution < -0.4 is 0 Å². The van der Waals surface area contributed by atoms with Gasteiger partial charge in [-0.2, -0.15) is 0 Å². The summed E-state index contributed by atoms with van der Waals surface area (Å²) >= 11 is 5.02. The Bertz CT molecular complexity index is 486. The lowest BCUT2D eigenvalue weighted by atomic mass is 10.3. The molecule has 0 heterocycles. The van der Waals surface area contributed by atoms with Gasteiger partial charge in [-0.25, -0.2) is 21.6 Å². The van der Waals surface area contributed by atoms with Crippen LogP contribution in [0.25, 0.3) is 0 Å². The molecule has 0 amide bonds. The van der Waals surface area contributed by atoms with Crippen molar-refractivity contribution in [2.24, 2.45) is 0 Å². The van der Waals surface area contributed by atoms with Crippen molar-refractivity contribution in [3.8, 4) is 0 Å². The van der Waals surface area contributed by atoms with E-state index in [4.69, 9.17) is 22.3 Å². The van der Waals surface area contributed by atoms with Gasteiger partial charge in [0.15, 0.2) is 10.7 Å². The Morgan fingerprint density at radius 2 is 1.64 bits per heavy atom. The molecule has 0 radical (unpaired) electrons. The molecule has 0 saturated carbocycles. The highest BCUT2D eigenvalue weighted by Crippen LogP contribution is 2.29. The smallest absolute Gasteiger partial charge is 0.207 e. The molecule has 0 bridgehead atoms. The predicted molar refractivity (Wildman–Crippen MR) is 44.4 cm³/mol. The second kappa shape index (κ2) is 3.60. The van der Waals surface area contributed by atoms with E-state index in [1.165, 1.54) is 0 Å². The fourth-order valence-corrected chi connectivity index (χ4v) is 2.01. The van der Waals surface area contributed by atoms with Crippen LogP contribution in [0.2, 0.25) is 5.02 Å². The summed E-state index contributed by atoms with van der Waals surface area (Å²) in [5.74, 6) is -4.76. The molecular formula is C6HCl2F3O2S. The average molecular weight is 265 g/mol. The second-order valence-electron chi connectivity index (χ2n) is 2.24. The number of rotatable bonds is 1. The van der Waals surface area contributed by atoms with E-state index in [0.29, 0.717) is 0 Å². The van der Waals surface area contributed by atoms with E-state index in [9.17, 15) is 21.6 Å². The quantitative estimate of drug-likeness (QED) is 0.444. The molecule has 1 aromatic rings. The minimum atomic E-state index is -4.63. The van der Waals surface area contributed by atoms with E-state index >= 15 is 0 Å². The van der Waals surface area contributed by atoms with Crippen LogP contribution >= 0.6 is 22.3 Å². The first-order valence-electron chi connectivity index (χ1n) is 3.03. The highest BCUT2D eigenvalue weighted by Gasteiger charge is 2.26. The van der Waals surface area contributed by atoms with Crippen LogP contribution in [0.5, 0.6) is 0 Å². The van der Waals surface area contributed by atoms with Crippen LogP contribution in [0, 0.1) is 17.5 Å². The summed E-state index contributed by atoms with van der Waals surface area (Å²) in [5.41, 5.74) is 0. The van der Waals surface area contributed by atoms with Crippen molar-refractivity contribution in [3.63, 3.8) is 0 Å². The van der Waals surface area contributed by atoms with Crippen molar-refractivity contribution >= 4 is 31.3 Å². The van der Waals surface area contributed by atoms with E-state index < -0.39 is 36.4 Å². The summed E-state index contributed by atoms with van der Waals surface area (Å²) in [4.78, 5) is -1.45. The van der Waals surface area contributed by atoms with Gasteiger partial charge in [0.05, 0.1) is 0 Å². The first-order chi connectivity index (χ1) is 6.25. The third-order valence-corrected chi connectivity index (χ3v) is 2.99. The molecule has 0 N–H and O–H groups in total. The van der Waals surface area contributed by atoms with Crippen molar-refractivity contribution in [1.29, 1.82) is 0 Å². The van der Waals surface area contributed by atoms with Crippen molar-refractivity contribution in [1.82, 2.24) is 0 Å². The molecule has 0 atom stereocenters. The summed E-state index contributed by atoms with van der Waals surface area (Å²) < 4.78 is 59.6. The van der Waals surface area contributed by atoms with Gasteiger partial charge in [0.1, 0.15) is 16.7 Å². The standard InChI is InChI=1S/C6HCl2F3O2S/c7-4-2(9)1-3(10)6(5(4)11)14(8,12)13/h1H. The molecule has 2 nitrogen and oxygen atoms in total. The van der Waals surface area contributed by atoms with Crippen LogP contribution in [0.1, 0.15) is 0 Å². The minimum absolute atomic E-state index is 0.140. The SMILES string of the molecule is O=S(=O)(Cl)c1c(F)cc(F)c(Cl)c1F. The third-order valence-electron chi connectivity index (χ3n) is 1.32. The largest absolute Gasteiger partial charge is 0.267 e. The summed E-state index contributed by atoms with van der Waals surface area (Å²) in [6, 6.07) is 0.140. The summed E-state index contributed by atoms with van der Waals surface area (Å²) in [5, 5.41) is -1.12. The number of halogens is 5. The molecule has 78 valence electrons. The Kier molecular flexibility index (Phi) is 2.99. The molecule has 0 spiro atoms. The van der Waals surface area contributed by atoms with Gasteiger partial charge in [0, 0.05) is 16.7 Å². The zero-order valence-electron chi connectivity index (χ0n) is 6.19. The monoisotopic (exact) mass is 264 g/mol. The highest BCUT2D eigenvalue weighted by atomic mass is 35.7. The van der Waals surface area contributed by atoms with Crippen molar-refractivity contribution in [2.75, 3.05) is 0 Å². The topological polar surface area (TPSA) is 34.1 Å². The zero-order chi connectivity index (χ0) is 11.1. The molecule has 8 heteroatoms. The van der Waals surface area contributed by atoms with Crippen molar-refractivity contribution < 1.29 is 21.6 Å². The van der Waals surface area contributed by atoms with Gasteiger partial charge < -0.3 is 0 Å². The highest BCUT2D eigenvalue weighted by molar-refractivity contribution is 8.13. The van der Waals surface area contributed by atoms with Gasteiger partial charge in [-0.15, -0.1) is 0 Å². The molecule has 0 aromatic heterocycles. The maximum Gasteiger partial charge on any atom is 0.267 e. The predicted octanol–water partition coefficient (Wildman–Crippen LogP) is 2.68. The number of hydrogen-bond donors (Lipinski definition) is 0. The van der Waals surface area contributed by atoms with Crippen LogP contribution in [0.15, 0.2) is 11.0 Å². The molecule has 0 fully saturated rings. The zero-order valence-corrected chi connectivity index (χ0v) is 8.52. The Balaban J connectivity index is 3.70. The molecule has 0 saturated heterocycles. The first-order valence-corrected chi connectivity index (χ1v) is 5.71. The first kappa shape index (κ1) is 11.6. The maximum absolute atomic E-state index is 12.9. The van der Waals surface area contributed by atoms with Gasteiger partial charge in [0.25, 0.3) is 9.05 Å². The Morgan fingerprint density at radius 3 is 2.07 bits per heavy atom. The van der Waals surface area contributed by atoms with E-state index in [-0.39, 0.29) is 6.07 Å². The molecule has 1 aromatic carbocycles. The molecule has 1 rings (SSSR count). The summed E-state index contributed by atoms with van der Waals surface area (Å²) in [6.07, 6.45) is 0. The van der Waals surface area contributed by atoms with E-state index in [1.807, 2.05) is 0 Å². The van der Waals surface area contributed by atoms with E-state index in [2.05, 4.69) is 0 Å². The van der Waals surface area contributed by atoms with Gasteiger partial charge in [-0.3, -0.25) is 0 Å². The second-order valence-corrected chi connectivity index (χ2v) is 5.12. The fourth-order valence-electron chi connectivity index (χ4n) is 0.773. The van der Waals surface area contributed by atoms with Crippen LogP contribution in [0.4, 0.5) is 13.2 Å². The van der Waals surface area contributed by atoms with Crippen LogP contribution in [0.3, 0.4) is 0 Å². The molecule has 14 heavy (non-hydrogen) atoms. The lowest BCUT2D eigenvalue weighted by Crippen LogP contribution is -2.02. The molecule has 0 aliphatic heterocycles. The Morgan fingerprint density at radius 1 is 1.14 bits per heavy atom. The van der Waals surface area contributed by atoms with Crippen LogP contribution in [-0.4, -0.2) is 8.42 Å². The van der Waals surface area contributed by atoms with Gasteiger partial charge >= 0.3 is 0 Å². The molecule has 0 unspecified atom stereocenters. The Labute approximate surface area is 86.7 Å². The van der Waals surface area contributed by atoms with Gasteiger partial charge in [0.2, 0.25) is 0 Å². The number of benzene rings is 1. The van der Waals surface area contributed by atoms with Crippen LogP contribution in [-0.2, 0) is 9.05 Å². The van der Waals surface area contributed by atoms with Gasteiger partial charge in [-0.05, 0) is 0 Å². The average Bonchev–Trinajstić information content (AvgIpc) is 1.97. The maximum atomic E-state index is 12.9. The number of hydrogen-bond acceptors (Lipinski definition) is 2. The van der Waals surface area contributed by atoms with Crippen molar-refractivity contribution in [3.05, 3.63) is 28.5 Å². The Hall–Kier alpha value is -0.460. The van der Waals surface area contributed by atoms with E-state index in [0.717, 1.165) is 0 Å². The minimum Gasteiger partial charge on any atom is -0.207 e. The summed E-state index contributed by atoms with van der Waals surface area (Å²) in [6.45, 7) is 0. The molecule has 0 aliphatic carbocycles. The van der Waals surface area contributed by atoms with E-state index in [1.54, 1.807) is 0 Å².